The summed E-state index contributed by atoms with van der Waals surface area (Å²) in [6.07, 6.45) is 2.66. The fraction of sp³-hybridized carbons (Fsp3) is 0.250. The molecule has 0 spiro atoms. The highest BCUT2D eigenvalue weighted by Gasteiger charge is 2.15. The quantitative estimate of drug-likeness (QED) is 0.519. The summed E-state index contributed by atoms with van der Waals surface area (Å²) in [5, 5.41) is 7.68. The van der Waals surface area contributed by atoms with Crippen LogP contribution in [0.15, 0.2) is 59.5 Å². The molecular weight excluding hydrogens is 390 g/mol. The number of anilines is 1. The molecule has 7 heteroatoms. The highest BCUT2D eigenvalue weighted by Crippen LogP contribution is 2.16. The van der Waals surface area contributed by atoms with Crippen molar-refractivity contribution in [2.24, 2.45) is 0 Å². The first-order valence-corrected chi connectivity index (χ1v) is 10.4. The lowest BCUT2D eigenvalue weighted by molar-refractivity contribution is -0.116. The summed E-state index contributed by atoms with van der Waals surface area (Å²) in [7, 11) is 0. The Bertz CT molecular complexity index is 1280. The molecular formula is C24H25N5O2. The largest absolute Gasteiger partial charge is 0.326 e. The SMILES string of the molecule is CCc1ccc(NC(=O)CCn2c(C)nc3c(cnn3-c3ccc(C)cc3)c2=O)cc1. The molecule has 0 saturated carbocycles. The van der Waals surface area contributed by atoms with Crippen LogP contribution in [0.5, 0.6) is 0 Å². The van der Waals surface area contributed by atoms with Gasteiger partial charge in [0.1, 0.15) is 11.2 Å². The van der Waals surface area contributed by atoms with Gasteiger partial charge < -0.3 is 5.32 Å². The molecule has 2 aromatic heterocycles. The molecule has 0 aliphatic heterocycles. The third kappa shape index (κ3) is 4.26. The highest BCUT2D eigenvalue weighted by molar-refractivity contribution is 5.90. The van der Waals surface area contributed by atoms with E-state index in [1.807, 2.05) is 55.5 Å². The van der Waals surface area contributed by atoms with Crippen molar-refractivity contribution in [2.75, 3.05) is 5.32 Å². The van der Waals surface area contributed by atoms with Crippen molar-refractivity contribution in [3.63, 3.8) is 0 Å². The molecule has 0 atom stereocenters. The number of carbonyl (C=O) groups excluding carboxylic acids is 1. The van der Waals surface area contributed by atoms with Crippen LogP contribution in [0.1, 0.15) is 30.3 Å². The Labute approximate surface area is 180 Å². The Morgan fingerprint density at radius 1 is 1.03 bits per heavy atom. The van der Waals surface area contributed by atoms with Crippen molar-refractivity contribution in [2.45, 2.75) is 40.2 Å². The zero-order valence-corrected chi connectivity index (χ0v) is 17.9. The minimum absolute atomic E-state index is 0.147. The summed E-state index contributed by atoms with van der Waals surface area (Å²) in [5.74, 6) is 0.400. The van der Waals surface area contributed by atoms with Crippen LogP contribution in [0.4, 0.5) is 5.69 Å². The van der Waals surface area contributed by atoms with Gasteiger partial charge in [-0.3, -0.25) is 14.2 Å². The molecule has 2 aromatic carbocycles. The maximum Gasteiger partial charge on any atom is 0.264 e. The lowest BCUT2D eigenvalue weighted by Crippen LogP contribution is -2.26. The normalized spacial score (nSPS) is 11.1. The fourth-order valence-corrected chi connectivity index (χ4v) is 3.51. The molecule has 0 bridgehead atoms. The van der Waals surface area contributed by atoms with Gasteiger partial charge in [0.2, 0.25) is 5.91 Å². The van der Waals surface area contributed by atoms with E-state index in [4.69, 9.17) is 0 Å². The maximum absolute atomic E-state index is 13.0. The van der Waals surface area contributed by atoms with Gasteiger partial charge in [-0.15, -0.1) is 0 Å². The number of hydrogen-bond acceptors (Lipinski definition) is 4. The van der Waals surface area contributed by atoms with Crippen LogP contribution in [-0.2, 0) is 17.8 Å². The number of aromatic nitrogens is 4. The van der Waals surface area contributed by atoms with Crippen molar-refractivity contribution < 1.29 is 4.79 Å². The van der Waals surface area contributed by atoms with Crippen LogP contribution >= 0.6 is 0 Å². The summed E-state index contributed by atoms with van der Waals surface area (Å²) in [5.41, 5.74) is 4.28. The second-order valence-corrected chi connectivity index (χ2v) is 7.59. The topological polar surface area (TPSA) is 81.8 Å². The van der Waals surface area contributed by atoms with E-state index in [1.54, 1.807) is 11.6 Å². The van der Waals surface area contributed by atoms with E-state index < -0.39 is 0 Å². The number of fused-ring (bicyclic) bond motifs is 1. The minimum Gasteiger partial charge on any atom is -0.326 e. The molecule has 0 saturated heterocycles. The first-order valence-electron chi connectivity index (χ1n) is 10.4. The van der Waals surface area contributed by atoms with Crippen molar-refractivity contribution in [1.29, 1.82) is 0 Å². The van der Waals surface area contributed by atoms with Gasteiger partial charge in [-0.05, 0) is 50.1 Å². The Hall–Kier alpha value is -3.74. The number of hydrogen-bond donors (Lipinski definition) is 1. The Morgan fingerprint density at radius 2 is 1.74 bits per heavy atom. The standard InChI is InChI=1S/C24H25N5O2/c1-4-18-7-9-19(10-8-18)27-22(30)13-14-28-17(3)26-23-21(24(28)31)15-25-29(23)20-11-5-16(2)6-12-20/h5-12,15H,4,13-14H2,1-3H3,(H,27,30). The first-order chi connectivity index (χ1) is 15.0. The Kier molecular flexibility index (Phi) is 5.66. The number of amides is 1. The number of benzene rings is 2. The van der Waals surface area contributed by atoms with Gasteiger partial charge in [0.25, 0.3) is 5.56 Å². The first kappa shape index (κ1) is 20.5. The van der Waals surface area contributed by atoms with Gasteiger partial charge in [-0.1, -0.05) is 36.8 Å². The van der Waals surface area contributed by atoms with E-state index in [2.05, 4.69) is 22.3 Å². The average Bonchev–Trinajstić information content (AvgIpc) is 3.18. The molecule has 158 valence electrons. The lowest BCUT2D eigenvalue weighted by Gasteiger charge is -2.11. The van der Waals surface area contributed by atoms with E-state index in [0.29, 0.717) is 16.9 Å². The average molecular weight is 415 g/mol. The number of aryl methyl sites for hydroxylation is 3. The van der Waals surface area contributed by atoms with E-state index in [9.17, 15) is 9.59 Å². The van der Waals surface area contributed by atoms with E-state index in [0.717, 1.165) is 23.4 Å². The van der Waals surface area contributed by atoms with Gasteiger partial charge in [0.05, 0.1) is 11.9 Å². The van der Waals surface area contributed by atoms with Crippen LogP contribution < -0.4 is 10.9 Å². The van der Waals surface area contributed by atoms with Crippen LogP contribution in [-0.4, -0.2) is 25.2 Å². The molecule has 7 nitrogen and oxygen atoms in total. The predicted molar refractivity (Wildman–Crippen MR) is 122 cm³/mol. The molecule has 1 N–H and O–H groups in total. The molecule has 31 heavy (non-hydrogen) atoms. The zero-order valence-electron chi connectivity index (χ0n) is 17.9. The summed E-state index contributed by atoms with van der Waals surface area (Å²) in [6.45, 7) is 6.13. The van der Waals surface area contributed by atoms with Crippen molar-refractivity contribution in [3.05, 3.63) is 82.0 Å². The third-order valence-electron chi connectivity index (χ3n) is 5.36. The minimum atomic E-state index is -0.194. The van der Waals surface area contributed by atoms with E-state index in [-0.39, 0.29) is 24.4 Å². The molecule has 4 aromatic rings. The van der Waals surface area contributed by atoms with Gasteiger partial charge in [-0.25, -0.2) is 9.67 Å². The van der Waals surface area contributed by atoms with E-state index >= 15 is 0 Å². The van der Waals surface area contributed by atoms with Crippen LogP contribution in [0, 0.1) is 13.8 Å². The summed E-state index contributed by atoms with van der Waals surface area (Å²) >= 11 is 0. The molecule has 0 radical (unpaired) electrons. The monoisotopic (exact) mass is 415 g/mol. The van der Waals surface area contributed by atoms with Gasteiger partial charge >= 0.3 is 0 Å². The number of rotatable bonds is 6. The smallest absolute Gasteiger partial charge is 0.264 e. The predicted octanol–water partition coefficient (Wildman–Crippen LogP) is 3.79. The van der Waals surface area contributed by atoms with Gasteiger partial charge in [-0.2, -0.15) is 5.10 Å². The molecule has 0 aliphatic rings. The zero-order chi connectivity index (χ0) is 22.0. The third-order valence-corrected chi connectivity index (χ3v) is 5.36. The van der Waals surface area contributed by atoms with Crippen molar-refractivity contribution in [1.82, 2.24) is 19.3 Å². The highest BCUT2D eigenvalue weighted by atomic mass is 16.2. The van der Waals surface area contributed by atoms with Crippen LogP contribution in [0.25, 0.3) is 16.7 Å². The van der Waals surface area contributed by atoms with Crippen molar-refractivity contribution in [3.8, 4) is 5.69 Å². The second kappa shape index (κ2) is 8.55. The maximum atomic E-state index is 13.0. The summed E-state index contributed by atoms with van der Waals surface area (Å²) in [4.78, 5) is 30.0. The van der Waals surface area contributed by atoms with Gasteiger partial charge in [0.15, 0.2) is 5.65 Å². The van der Waals surface area contributed by atoms with E-state index in [1.165, 1.54) is 16.3 Å². The molecule has 2 heterocycles. The Balaban J connectivity index is 1.53. The van der Waals surface area contributed by atoms with Gasteiger partial charge in [0, 0.05) is 18.7 Å². The van der Waals surface area contributed by atoms with Crippen LogP contribution in [0.2, 0.25) is 0 Å². The number of carbonyl (C=O) groups is 1. The molecule has 1 amide bonds. The van der Waals surface area contributed by atoms with Crippen molar-refractivity contribution >= 4 is 22.6 Å². The lowest BCUT2D eigenvalue weighted by atomic mass is 10.1. The molecule has 0 fully saturated rings. The molecule has 4 rings (SSSR count). The summed E-state index contributed by atoms with van der Waals surface area (Å²) in [6, 6.07) is 15.6. The van der Waals surface area contributed by atoms with Crippen LogP contribution in [0.3, 0.4) is 0 Å². The number of nitrogens with zero attached hydrogens (tertiary/aromatic N) is 4. The molecule has 0 unspecified atom stereocenters. The fourth-order valence-electron chi connectivity index (χ4n) is 3.51. The number of nitrogens with one attached hydrogen (secondary N) is 1. The molecule has 0 aliphatic carbocycles. The second-order valence-electron chi connectivity index (χ2n) is 7.59. The summed E-state index contributed by atoms with van der Waals surface area (Å²) < 4.78 is 3.20. The Morgan fingerprint density at radius 3 is 2.42 bits per heavy atom.